The van der Waals surface area contributed by atoms with Crippen LogP contribution in [0.2, 0.25) is 0 Å². The molecule has 0 atom stereocenters. The molecule has 1 saturated carbocycles. The van der Waals surface area contributed by atoms with Gasteiger partial charge in [-0.05, 0) is 37.5 Å². The number of carbonyl (C=O) groups is 2. The molecule has 1 heterocycles. The standard InChI is InChI=1S/C14H13F3N2O2/c15-14(16,17)9-3-1-4-10(7-9)19-11(20)8-13(5-2-6-13)18-12(19)21/h1,3-4,7H,2,5-6,8H2,(H,18,21). The largest absolute Gasteiger partial charge is 0.416 e. The zero-order valence-electron chi connectivity index (χ0n) is 11.0. The van der Waals surface area contributed by atoms with Crippen LogP contribution in [0.25, 0.3) is 0 Å². The van der Waals surface area contributed by atoms with Crippen LogP contribution < -0.4 is 10.2 Å². The predicted octanol–water partition coefficient (Wildman–Crippen LogP) is 3.07. The molecule has 1 aliphatic heterocycles. The van der Waals surface area contributed by atoms with Gasteiger partial charge >= 0.3 is 12.2 Å². The fraction of sp³-hybridized carbons (Fsp3) is 0.429. The van der Waals surface area contributed by atoms with E-state index < -0.39 is 29.2 Å². The number of nitrogens with zero attached hydrogens (tertiary/aromatic N) is 1. The molecule has 1 aliphatic carbocycles. The SMILES string of the molecule is O=C1CC2(CCC2)NC(=O)N1c1cccc(C(F)(F)F)c1. The molecule has 3 rings (SSSR count). The molecule has 1 spiro atoms. The summed E-state index contributed by atoms with van der Waals surface area (Å²) < 4.78 is 38.1. The molecule has 1 N–H and O–H groups in total. The van der Waals surface area contributed by atoms with Crippen molar-refractivity contribution >= 4 is 17.6 Å². The lowest BCUT2D eigenvalue weighted by molar-refractivity contribution is -0.137. The summed E-state index contributed by atoms with van der Waals surface area (Å²) in [5, 5.41) is 2.75. The molecule has 0 unspecified atom stereocenters. The molecule has 3 amide bonds. The summed E-state index contributed by atoms with van der Waals surface area (Å²) in [4.78, 5) is 25.0. The third-order valence-electron chi connectivity index (χ3n) is 4.06. The maximum absolute atomic E-state index is 12.7. The molecule has 2 fully saturated rings. The Morgan fingerprint density at radius 3 is 2.43 bits per heavy atom. The number of nitrogens with one attached hydrogen (secondary N) is 1. The predicted molar refractivity (Wildman–Crippen MR) is 68.7 cm³/mol. The molecule has 4 nitrogen and oxygen atoms in total. The Morgan fingerprint density at radius 2 is 1.90 bits per heavy atom. The maximum Gasteiger partial charge on any atom is 0.416 e. The summed E-state index contributed by atoms with van der Waals surface area (Å²) in [7, 11) is 0. The van der Waals surface area contributed by atoms with Gasteiger partial charge in [0, 0.05) is 0 Å². The second kappa shape index (κ2) is 4.47. The number of carbonyl (C=O) groups excluding carboxylic acids is 2. The monoisotopic (exact) mass is 298 g/mol. The first-order valence-electron chi connectivity index (χ1n) is 6.63. The Morgan fingerprint density at radius 1 is 1.19 bits per heavy atom. The van der Waals surface area contributed by atoms with Gasteiger partial charge in [0.2, 0.25) is 5.91 Å². The van der Waals surface area contributed by atoms with E-state index in [1.165, 1.54) is 12.1 Å². The number of amides is 3. The first-order chi connectivity index (χ1) is 9.81. The van der Waals surface area contributed by atoms with Crippen molar-refractivity contribution in [2.24, 2.45) is 0 Å². The summed E-state index contributed by atoms with van der Waals surface area (Å²) in [6.45, 7) is 0. The molecule has 0 aromatic heterocycles. The number of rotatable bonds is 1. The van der Waals surface area contributed by atoms with E-state index in [9.17, 15) is 22.8 Å². The lowest BCUT2D eigenvalue weighted by atomic mass is 9.73. The Labute approximate surface area is 118 Å². The minimum atomic E-state index is -4.51. The van der Waals surface area contributed by atoms with Gasteiger partial charge in [0.1, 0.15) is 0 Å². The van der Waals surface area contributed by atoms with Crippen LogP contribution in [0.15, 0.2) is 24.3 Å². The molecule has 112 valence electrons. The maximum atomic E-state index is 12.7. The molecule has 21 heavy (non-hydrogen) atoms. The first kappa shape index (κ1) is 13.9. The lowest BCUT2D eigenvalue weighted by Crippen LogP contribution is -2.65. The first-order valence-corrected chi connectivity index (χ1v) is 6.63. The average molecular weight is 298 g/mol. The van der Waals surface area contributed by atoms with Crippen molar-refractivity contribution in [3.63, 3.8) is 0 Å². The van der Waals surface area contributed by atoms with Crippen LogP contribution in [-0.4, -0.2) is 17.5 Å². The zero-order chi connectivity index (χ0) is 15.3. The Balaban J connectivity index is 1.90. The fourth-order valence-corrected chi connectivity index (χ4v) is 2.80. The molecule has 1 aromatic rings. The lowest BCUT2D eigenvalue weighted by Gasteiger charge is -2.47. The van der Waals surface area contributed by atoms with E-state index in [0.29, 0.717) is 0 Å². The highest BCUT2D eigenvalue weighted by molar-refractivity contribution is 6.16. The summed E-state index contributed by atoms with van der Waals surface area (Å²) in [5.41, 5.74) is -1.42. The zero-order valence-corrected chi connectivity index (χ0v) is 11.0. The van der Waals surface area contributed by atoms with E-state index in [4.69, 9.17) is 0 Å². The molecule has 0 radical (unpaired) electrons. The molecular formula is C14H13F3N2O2. The fourth-order valence-electron chi connectivity index (χ4n) is 2.80. The molecule has 1 aromatic carbocycles. The minimum absolute atomic E-state index is 0.0542. The molecule has 0 bridgehead atoms. The third-order valence-corrected chi connectivity index (χ3v) is 4.06. The van der Waals surface area contributed by atoms with Crippen LogP contribution in [0, 0.1) is 0 Å². The summed E-state index contributed by atoms with van der Waals surface area (Å²) in [5.74, 6) is -0.460. The molecule has 1 saturated heterocycles. The number of halogens is 3. The normalized spacial score (nSPS) is 21.2. The van der Waals surface area contributed by atoms with Crippen molar-refractivity contribution in [1.29, 1.82) is 0 Å². The van der Waals surface area contributed by atoms with Crippen molar-refractivity contribution in [2.75, 3.05) is 4.90 Å². The van der Waals surface area contributed by atoms with Crippen LogP contribution in [0.4, 0.5) is 23.7 Å². The number of anilines is 1. The van der Waals surface area contributed by atoms with Crippen molar-refractivity contribution in [3.8, 4) is 0 Å². The van der Waals surface area contributed by atoms with Gasteiger partial charge in [-0.15, -0.1) is 0 Å². The van der Waals surface area contributed by atoms with Crippen molar-refractivity contribution in [1.82, 2.24) is 5.32 Å². The van der Waals surface area contributed by atoms with Crippen LogP contribution >= 0.6 is 0 Å². The van der Waals surface area contributed by atoms with Gasteiger partial charge in [0.25, 0.3) is 0 Å². The highest BCUT2D eigenvalue weighted by Crippen LogP contribution is 2.39. The van der Waals surface area contributed by atoms with E-state index in [-0.39, 0.29) is 12.1 Å². The van der Waals surface area contributed by atoms with Gasteiger partial charge in [-0.3, -0.25) is 4.79 Å². The van der Waals surface area contributed by atoms with E-state index in [1.807, 2.05) is 0 Å². The van der Waals surface area contributed by atoms with Gasteiger partial charge in [0.05, 0.1) is 23.2 Å². The second-order valence-corrected chi connectivity index (χ2v) is 5.52. The van der Waals surface area contributed by atoms with Gasteiger partial charge in [0.15, 0.2) is 0 Å². The third kappa shape index (κ3) is 2.36. The van der Waals surface area contributed by atoms with E-state index in [0.717, 1.165) is 36.3 Å². The van der Waals surface area contributed by atoms with Crippen LogP contribution in [0.5, 0.6) is 0 Å². The van der Waals surface area contributed by atoms with Gasteiger partial charge in [-0.25, -0.2) is 9.69 Å². The van der Waals surface area contributed by atoms with Gasteiger partial charge in [-0.1, -0.05) is 6.07 Å². The number of benzene rings is 1. The molecular weight excluding hydrogens is 285 g/mol. The topological polar surface area (TPSA) is 49.4 Å². The van der Waals surface area contributed by atoms with E-state index >= 15 is 0 Å². The Bertz CT molecular complexity index is 588. The number of urea groups is 1. The highest BCUT2D eigenvalue weighted by Gasteiger charge is 2.47. The number of hydrogen-bond acceptors (Lipinski definition) is 2. The van der Waals surface area contributed by atoms with Crippen LogP contribution in [0.1, 0.15) is 31.2 Å². The van der Waals surface area contributed by atoms with Gasteiger partial charge in [-0.2, -0.15) is 13.2 Å². The number of imide groups is 1. The van der Waals surface area contributed by atoms with Crippen molar-refractivity contribution in [2.45, 2.75) is 37.4 Å². The summed E-state index contributed by atoms with van der Waals surface area (Å²) in [6.07, 6.45) is -1.96. The van der Waals surface area contributed by atoms with Crippen LogP contribution in [0.3, 0.4) is 0 Å². The quantitative estimate of drug-likeness (QED) is 0.866. The summed E-state index contributed by atoms with van der Waals surface area (Å²) in [6, 6.07) is 3.59. The Kier molecular flexibility index (Phi) is 2.96. The van der Waals surface area contributed by atoms with E-state index in [1.54, 1.807) is 0 Å². The van der Waals surface area contributed by atoms with Crippen molar-refractivity contribution in [3.05, 3.63) is 29.8 Å². The smallest absolute Gasteiger partial charge is 0.331 e. The average Bonchev–Trinajstić information content (AvgIpc) is 2.35. The number of hydrogen-bond donors (Lipinski definition) is 1. The highest BCUT2D eigenvalue weighted by atomic mass is 19.4. The molecule has 7 heteroatoms. The minimum Gasteiger partial charge on any atom is -0.331 e. The van der Waals surface area contributed by atoms with E-state index in [2.05, 4.69) is 5.32 Å². The Hall–Kier alpha value is -2.05. The van der Waals surface area contributed by atoms with Crippen LogP contribution in [-0.2, 0) is 11.0 Å². The number of alkyl halides is 3. The van der Waals surface area contributed by atoms with Gasteiger partial charge < -0.3 is 5.32 Å². The summed E-state index contributed by atoms with van der Waals surface area (Å²) >= 11 is 0. The van der Waals surface area contributed by atoms with Crippen molar-refractivity contribution < 1.29 is 22.8 Å². The second-order valence-electron chi connectivity index (χ2n) is 5.52. The molecule has 2 aliphatic rings.